The van der Waals surface area contributed by atoms with Crippen molar-refractivity contribution < 1.29 is 14.3 Å². The minimum Gasteiger partial charge on any atom is -0.497 e. The highest BCUT2D eigenvalue weighted by atomic mass is 16.5. The Hall–Kier alpha value is -3.28. The van der Waals surface area contributed by atoms with Crippen LogP contribution in [0.15, 0.2) is 54.7 Å². The van der Waals surface area contributed by atoms with E-state index in [0.29, 0.717) is 5.75 Å². The number of methoxy groups -OCH3 is 1. The van der Waals surface area contributed by atoms with Crippen molar-refractivity contribution in [1.29, 1.82) is 0 Å². The molecule has 1 unspecified atom stereocenters. The summed E-state index contributed by atoms with van der Waals surface area (Å²) in [6.45, 7) is 0. The molecule has 0 saturated heterocycles. The van der Waals surface area contributed by atoms with E-state index in [0.717, 1.165) is 73.4 Å². The number of carbonyl (C=O) groups excluding carboxylic acids is 2. The van der Waals surface area contributed by atoms with Crippen molar-refractivity contribution >= 4 is 22.7 Å². The quantitative estimate of drug-likeness (QED) is 0.429. The maximum atomic E-state index is 14.1. The first-order valence-electron chi connectivity index (χ1n) is 13.4. The highest BCUT2D eigenvalue weighted by Crippen LogP contribution is 2.34. The van der Waals surface area contributed by atoms with Crippen LogP contribution in [-0.2, 0) is 16.0 Å². The SMILES string of the molecule is COc1cccc(C(C(=O)NC2CCCCC2)N(C(=O)Cc2c[nH]c3ccccc23)C2CCCC2)c1. The zero-order chi connectivity index (χ0) is 24.9. The molecular weight excluding hydrogens is 450 g/mol. The number of rotatable bonds is 8. The normalized spacial score (nSPS) is 17.7. The Morgan fingerprint density at radius 3 is 2.53 bits per heavy atom. The minimum absolute atomic E-state index is 0.00160. The summed E-state index contributed by atoms with van der Waals surface area (Å²) in [5.74, 6) is 0.617. The predicted octanol–water partition coefficient (Wildman–Crippen LogP) is 5.68. The second kappa shape index (κ2) is 11.2. The lowest BCUT2D eigenvalue weighted by molar-refractivity contribution is -0.143. The number of benzene rings is 2. The molecule has 2 aliphatic carbocycles. The van der Waals surface area contributed by atoms with E-state index < -0.39 is 6.04 Å². The van der Waals surface area contributed by atoms with Gasteiger partial charge in [-0.1, -0.05) is 62.4 Å². The number of carbonyl (C=O) groups is 2. The Kier molecular flexibility index (Phi) is 7.59. The van der Waals surface area contributed by atoms with Crippen molar-refractivity contribution in [3.05, 3.63) is 65.9 Å². The molecule has 3 aromatic rings. The predicted molar refractivity (Wildman–Crippen MR) is 142 cm³/mol. The molecule has 6 heteroatoms. The molecule has 1 heterocycles. The first-order chi connectivity index (χ1) is 17.6. The summed E-state index contributed by atoms with van der Waals surface area (Å²) in [6.07, 6.45) is 11.7. The first kappa shape index (κ1) is 24.4. The van der Waals surface area contributed by atoms with Crippen LogP contribution in [0.3, 0.4) is 0 Å². The molecule has 2 aromatic carbocycles. The average Bonchev–Trinajstić information content (AvgIpc) is 3.58. The van der Waals surface area contributed by atoms with Gasteiger partial charge in [0.2, 0.25) is 11.8 Å². The molecule has 0 bridgehead atoms. The van der Waals surface area contributed by atoms with Gasteiger partial charge in [-0.05, 0) is 55.0 Å². The monoisotopic (exact) mass is 487 g/mol. The molecule has 1 aromatic heterocycles. The van der Waals surface area contributed by atoms with Crippen molar-refractivity contribution in [2.45, 2.75) is 82.3 Å². The van der Waals surface area contributed by atoms with Crippen LogP contribution in [0.4, 0.5) is 0 Å². The zero-order valence-electron chi connectivity index (χ0n) is 21.2. The van der Waals surface area contributed by atoms with Gasteiger partial charge >= 0.3 is 0 Å². The Morgan fingerprint density at radius 1 is 1.00 bits per heavy atom. The van der Waals surface area contributed by atoms with Crippen molar-refractivity contribution in [2.24, 2.45) is 0 Å². The second-order valence-corrected chi connectivity index (χ2v) is 10.3. The molecule has 5 rings (SSSR count). The van der Waals surface area contributed by atoms with Crippen LogP contribution >= 0.6 is 0 Å². The molecule has 2 N–H and O–H groups in total. The Labute approximate surface area is 213 Å². The van der Waals surface area contributed by atoms with Crippen LogP contribution in [-0.4, -0.2) is 40.9 Å². The number of fused-ring (bicyclic) bond motifs is 1. The molecular formula is C30H37N3O3. The van der Waals surface area contributed by atoms with Gasteiger partial charge in [0.15, 0.2) is 0 Å². The lowest BCUT2D eigenvalue weighted by atomic mass is 9.94. The van der Waals surface area contributed by atoms with E-state index in [9.17, 15) is 9.59 Å². The van der Waals surface area contributed by atoms with Crippen LogP contribution in [0.1, 0.15) is 75.0 Å². The van der Waals surface area contributed by atoms with Gasteiger partial charge in [0.05, 0.1) is 13.5 Å². The average molecular weight is 488 g/mol. The standard InChI is InChI=1S/C30H37N3O3/c1-36-25-15-9-10-21(18-25)29(30(35)32-23-11-3-2-4-12-23)33(24-13-5-6-14-24)28(34)19-22-20-31-27-17-8-7-16-26(22)27/h7-10,15-18,20,23-24,29,31H,2-6,11-14,19H2,1H3,(H,32,35). The van der Waals surface area contributed by atoms with Crippen LogP contribution in [0.5, 0.6) is 5.75 Å². The molecule has 36 heavy (non-hydrogen) atoms. The topological polar surface area (TPSA) is 74.4 Å². The van der Waals surface area contributed by atoms with E-state index in [2.05, 4.69) is 10.3 Å². The van der Waals surface area contributed by atoms with Gasteiger partial charge in [0.25, 0.3) is 0 Å². The number of para-hydroxylation sites is 1. The van der Waals surface area contributed by atoms with Gasteiger partial charge in [-0.25, -0.2) is 0 Å². The highest BCUT2D eigenvalue weighted by Gasteiger charge is 2.38. The van der Waals surface area contributed by atoms with Gasteiger partial charge in [-0.2, -0.15) is 0 Å². The molecule has 2 fully saturated rings. The highest BCUT2D eigenvalue weighted by molar-refractivity contribution is 5.92. The van der Waals surface area contributed by atoms with Crippen LogP contribution in [0.25, 0.3) is 10.9 Å². The number of nitrogens with zero attached hydrogens (tertiary/aromatic N) is 1. The van der Waals surface area contributed by atoms with Gasteiger partial charge in [0, 0.05) is 29.2 Å². The number of hydrogen-bond donors (Lipinski definition) is 2. The number of hydrogen-bond acceptors (Lipinski definition) is 3. The fourth-order valence-corrected chi connectivity index (χ4v) is 6.05. The van der Waals surface area contributed by atoms with E-state index in [1.54, 1.807) is 7.11 Å². The zero-order valence-corrected chi connectivity index (χ0v) is 21.2. The van der Waals surface area contributed by atoms with Crippen molar-refractivity contribution in [3.8, 4) is 5.75 Å². The molecule has 0 radical (unpaired) electrons. The number of nitrogens with one attached hydrogen (secondary N) is 2. The smallest absolute Gasteiger partial charge is 0.247 e. The number of H-pyrrole nitrogens is 1. The lowest BCUT2D eigenvalue weighted by Crippen LogP contribution is -2.50. The summed E-state index contributed by atoms with van der Waals surface area (Å²) in [7, 11) is 1.63. The number of aromatic amines is 1. The summed E-state index contributed by atoms with van der Waals surface area (Å²) in [5, 5.41) is 4.38. The summed E-state index contributed by atoms with van der Waals surface area (Å²) in [5.41, 5.74) is 2.80. The molecule has 1 atom stereocenters. The summed E-state index contributed by atoms with van der Waals surface area (Å²) >= 11 is 0. The third-order valence-electron chi connectivity index (χ3n) is 7.91. The van der Waals surface area contributed by atoms with Gasteiger partial charge in [0.1, 0.15) is 11.8 Å². The van der Waals surface area contributed by atoms with Gasteiger partial charge in [-0.3, -0.25) is 9.59 Å². The molecule has 2 aliphatic rings. The third kappa shape index (κ3) is 5.28. The first-order valence-corrected chi connectivity index (χ1v) is 13.4. The number of ether oxygens (including phenoxy) is 1. The largest absolute Gasteiger partial charge is 0.497 e. The van der Waals surface area contributed by atoms with E-state index in [1.807, 2.05) is 59.6 Å². The Bertz CT molecular complexity index is 1190. The Balaban J connectivity index is 1.50. The van der Waals surface area contributed by atoms with Crippen molar-refractivity contribution in [1.82, 2.24) is 15.2 Å². The van der Waals surface area contributed by atoms with Crippen molar-refractivity contribution in [2.75, 3.05) is 7.11 Å². The van der Waals surface area contributed by atoms with E-state index in [-0.39, 0.29) is 30.3 Å². The summed E-state index contributed by atoms with van der Waals surface area (Å²) in [6, 6.07) is 15.3. The number of aromatic nitrogens is 1. The molecule has 2 amide bonds. The fraction of sp³-hybridized carbons (Fsp3) is 0.467. The maximum Gasteiger partial charge on any atom is 0.247 e. The number of amides is 2. The van der Waals surface area contributed by atoms with Crippen LogP contribution < -0.4 is 10.1 Å². The lowest BCUT2D eigenvalue weighted by Gasteiger charge is -2.37. The Morgan fingerprint density at radius 2 is 1.75 bits per heavy atom. The van der Waals surface area contributed by atoms with Gasteiger partial charge < -0.3 is 19.9 Å². The maximum absolute atomic E-state index is 14.1. The molecule has 6 nitrogen and oxygen atoms in total. The minimum atomic E-state index is -0.678. The fourth-order valence-electron chi connectivity index (χ4n) is 6.05. The molecule has 190 valence electrons. The second-order valence-electron chi connectivity index (χ2n) is 10.3. The van der Waals surface area contributed by atoms with Crippen molar-refractivity contribution in [3.63, 3.8) is 0 Å². The van der Waals surface area contributed by atoms with Crippen LogP contribution in [0, 0.1) is 0 Å². The summed E-state index contributed by atoms with van der Waals surface area (Å²) < 4.78 is 5.49. The molecule has 0 spiro atoms. The molecule has 0 aliphatic heterocycles. The summed E-state index contributed by atoms with van der Waals surface area (Å²) in [4.78, 5) is 33.3. The van der Waals surface area contributed by atoms with E-state index in [4.69, 9.17) is 4.74 Å². The third-order valence-corrected chi connectivity index (χ3v) is 7.91. The van der Waals surface area contributed by atoms with Gasteiger partial charge in [-0.15, -0.1) is 0 Å². The van der Waals surface area contributed by atoms with E-state index in [1.165, 1.54) is 6.42 Å². The van der Waals surface area contributed by atoms with Crippen LogP contribution in [0.2, 0.25) is 0 Å². The van der Waals surface area contributed by atoms with E-state index >= 15 is 0 Å². The molecule has 2 saturated carbocycles.